The zero-order valence-corrected chi connectivity index (χ0v) is 30.7. The molecule has 0 spiro atoms. The number of rotatable bonds is 6. The minimum Gasteiger partial charge on any atom is -0.444 e. The minimum atomic E-state index is -0.506. The maximum Gasteiger partial charge on any atom is 0.410 e. The summed E-state index contributed by atoms with van der Waals surface area (Å²) >= 11 is 0. The van der Waals surface area contributed by atoms with E-state index in [-0.39, 0.29) is 48.2 Å². The zero-order valence-electron chi connectivity index (χ0n) is 30.7. The summed E-state index contributed by atoms with van der Waals surface area (Å²) in [7, 11) is 0. The Bertz CT molecular complexity index is 1400. The summed E-state index contributed by atoms with van der Waals surface area (Å²) in [5, 5.41) is 13.8. The quantitative estimate of drug-likeness (QED) is 0.357. The van der Waals surface area contributed by atoms with Gasteiger partial charge in [-0.1, -0.05) is 10.3 Å². The molecule has 276 valence electrons. The number of piperidine rings is 2. The molecule has 2 aliphatic heterocycles. The summed E-state index contributed by atoms with van der Waals surface area (Å²) in [5.41, 5.74) is -0.337. The molecule has 0 bridgehead atoms. The number of aromatic nitrogens is 2. The van der Waals surface area contributed by atoms with Gasteiger partial charge in [0, 0.05) is 61.2 Å². The van der Waals surface area contributed by atoms with E-state index in [2.05, 4.69) is 20.9 Å². The van der Waals surface area contributed by atoms with Crippen molar-refractivity contribution in [2.24, 2.45) is 0 Å². The number of carbonyl (C=O) groups excluding carboxylic acids is 4. The lowest BCUT2D eigenvalue weighted by Gasteiger charge is -2.38. The molecule has 2 saturated carbocycles. The molecule has 4 amide bonds. The van der Waals surface area contributed by atoms with Crippen molar-refractivity contribution in [3.8, 4) is 0 Å². The van der Waals surface area contributed by atoms with Crippen molar-refractivity contribution in [3.63, 3.8) is 0 Å². The molecule has 0 unspecified atom stereocenters. The van der Waals surface area contributed by atoms with Crippen LogP contribution >= 0.6 is 0 Å². The average molecular weight is 699 g/mol. The van der Waals surface area contributed by atoms with Crippen LogP contribution < -0.4 is 10.6 Å². The van der Waals surface area contributed by atoms with Crippen LogP contribution in [0, 0.1) is 0 Å². The van der Waals surface area contributed by atoms with E-state index in [4.69, 9.17) is 18.5 Å². The topological polar surface area (TPSA) is 169 Å². The standard InChI is InChI=1S/2C18H27N3O4/c2*1-11-9-13(7-8-21(11)17(23)24-18(2,3)4)19-16(22)14-10-15(25-20-14)12-5-6-12/h2*10-13H,5-9H2,1-4H3,(H,19,22)/t11-,13+;11-,13-/m00/s1. The first-order valence-electron chi connectivity index (χ1n) is 18.0. The largest absolute Gasteiger partial charge is 0.444 e. The van der Waals surface area contributed by atoms with Gasteiger partial charge in [0.05, 0.1) is 0 Å². The van der Waals surface area contributed by atoms with Crippen LogP contribution in [0.2, 0.25) is 0 Å². The molecule has 2 saturated heterocycles. The number of carbonyl (C=O) groups is 4. The van der Waals surface area contributed by atoms with E-state index in [9.17, 15) is 19.2 Å². The maximum absolute atomic E-state index is 12.3. The Balaban J connectivity index is 0.000000194. The van der Waals surface area contributed by atoms with Crippen molar-refractivity contribution < 1.29 is 37.7 Å². The summed E-state index contributed by atoms with van der Waals surface area (Å²) in [4.78, 5) is 52.6. The molecule has 14 heteroatoms. The van der Waals surface area contributed by atoms with Gasteiger partial charge in [0.15, 0.2) is 11.4 Å². The van der Waals surface area contributed by atoms with Crippen LogP contribution in [0.25, 0.3) is 0 Å². The van der Waals surface area contributed by atoms with Crippen LogP contribution in [-0.2, 0) is 9.47 Å². The highest BCUT2D eigenvalue weighted by atomic mass is 16.6. The minimum absolute atomic E-state index is 0.00762. The number of amides is 4. The molecule has 2 aliphatic carbocycles. The molecule has 14 nitrogen and oxygen atoms in total. The predicted octanol–water partition coefficient (Wildman–Crippen LogP) is 6.14. The Kier molecular flexibility index (Phi) is 11.2. The maximum atomic E-state index is 12.3. The van der Waals surface area contributed by atoms with E-state index in [1.165, 1.54) is 0 Å². The summed E-state index contributed by atoms with van der Waals surface area (Å²) < 4.78 is 21.4. The monoisotopic (exact) mass is 698 g/mol. The lowest BCUT2D eigenvalue weighted by molar-refractivity contribution is 0.00830. The molecule has 50 heavy (non-hydrogen) atoms. The molecule has 4 heterocycles. The predicted molar refractivity (Wildman–Crippen MR) is 183 cm³/mol. The molecule has 0 radical (unpaired) electrons. The number of nitrogens with zero attached hydrogens (tertiary/aromatic N) is 4. The number of hydrogen-bond donors (Lipinski definition) is 2. The van der Waals surface area contributed by atoms with Crippen LogP contribution in [0.4, 0.5) is 9.59 Å². The van der Waals surface area contributed by atoms with Crippen LogP contribution in [0.3, 0.4) is 0 Å². The normalized spacial score (nSPS) is 24.1. The number of nitrogens with one attached hydrogen (secondary N) is 2. The van der Waals surface area contributed by atoms with Crippen molar-refractivity contribution in [2.75, 3.05) is 13.1 Å². The second-order valence-corrected chi connectivity index (χ2v) is 16.2. The van der Waals surface area contributed by atoms with Gasteiger partial charge in [-0.2, -0.15) is 0 Å². The van der Waals surface area contributed by atoms with E-state index in [0.29, 0.717) is 62.0 Å². The van der Waals surface area contributed by atoms with Crippen molar-refractivity contribution in [2.45, 2.75) is 154 Å². The molecule has 4 aliphatic rings. The van der Waals surface area contributed by atoms with E-state index in [1.54, 1.807) is 21.9 Å². The molecule has 2 aromatic heterocycles. The first-order valence-corrected chi connectivity index (χ1v) is 18.0. The first kappa shape index (κ1) is 37.2. The fourth-order valence-electron chi connectivity index (χ4n) is 6.22. The van der Waals surface area contributed by atoms with Crippen molar-refractivity contribution in [3.05, 3.63) is 35.0 Å². The second kappa shape index (κ2) is 15.0. The highest BCUT2D eigenvalue weighted by Gasteiger charge is 2.35. The summed E-state index contributed by atoms with van der Waals surface area (Å²) in [6.07, 6.45) is 6.62. The third-order valence-corrected chi connectivity index (χ3v) is 9.16. The van der Waals surface area contributed by atoms with Gasteiger partial charge in [0.2, 0.25) is 0 Å². The third-order valence-electron chi connectivity index (χ3n) is 9.16. The molecule has 4 atom stereocenters. The summed E-state index contributed by atoms with van der Waals surface area (Å²) in [6.45, 7) is 16.2. The van der Waals surface area contributed by atoms with Gasteiger partial charge < -0.3 is 39.0 Å². The van der Waals surface area contributed by atoms with Gasteiger partial charge >= 0.3 is 12.2 Å². The molecule has 0 aromatic carbocycles. The van der Waals surface area contributed by atoms with Crippen molar-refractivity contribution in [1.29, 1.82) is 0 Å². The molecule has 6 rings (SSSR count). The molecular formula is C36H54N6O8. The highest BCUT2D eigenvalue weighted by Crippen LogP contribution is 2.41. The van der Waals surface area contributed by atoms with Gasteiger partial charge in [-0.15, -0.1) is 0 Å². The third kappa shape index (κ3) is 10.5. The van der Waals surface area contributed by atoms with Crippen LogP contribution in [0.5, 0.6) is 0 Å². The van der Waals surface area contributed by atoms with Gasteiger partial charge in [0.1, 0.15) is 22.7 Å². The molecule has 4 fully saturated rings. The van der Waals surface area contributed by atoms with E-state index < -0.39 is 11.2 Å². The molecular weight excluding hydrogens is 644 g/mol. The SMILES string of the molecule is C[C@H]1C[C@@H](NC(=O)c2cc(C3CC3)on2)CCN1C(=O)OC(C)(C)C.C[C@H]1C[C@H](NC(=O)c2cc(C3CC3)on2)CCN1C(=O)OC(C)(C)C. The Hall–Kier alpha value is -4.10. The molecule has 2 N–H and O–H groups in total. The highest BCUT2D eigenvalue weighted by molar-refractivity contribution is 5.93. The van der Waals surface area contributed by atoms with Crippen molar-refractivity contribution in [1.82, 2.24) is 30.7 Å². The van der Waals surface area contributed by atoms with E-state index in [0.717, 1.165) is 37.2 Å². The van der Waals surface area contributed by atoms with Gasteiger partial charge in [-0.3, -0.25) is 9.59 Å². The Morgan fingerprint density at radius 3 is 1.32 bits per heavy atom. The Morgan fingerprint density at radius 2 is 1.02 bits per heavy atom. The van der Waals surface area contributed by atoms with Crippen LogP contribution in [-0.4, -0.2) is 92.6 Å². The Morgan fingerprint density at radius 1 is 0.660 bits per heavy atom. The fraction of sp³-hybridized carbons (Fsp3) is 0.722. The van der Waals surface area contributed by atoms with E-state index >= 15 is 0 Å². The second-order valence-electron chi connectivity index (χ2n) is 16.2. The Labute approximate surface area is 294 Å². The van der Waals surface area contributed by atoms with Crippen molar-refractivity contribution >= 4 is 24.0 Å². The average Bonchev–Trinajstić information content (AvgIpc) is 3.94. The van der Waals surface area contributed by atoms with E-state index in [1.807, 2.05) is 55.4 Å². The molecule has 2 aromatic rings. The smallest absolute Gasteiger partial charge is 0.410 e. The number of hydrogen-bond acceptors (Lipinski definition) is 10. The van der Waals surface area contributed by atoms with Gasteiger partial charge in [-0.25, -0.2) is 9.59 Å². The number of likely N-dealkylation sites (tertiary alicyclic amines) is 2. The summed E-state index contributed by atoms with van der Waals surface area (Å²) in [6, 6.07) is 3.53. The fourth-order valence-corrected chi connectivity index (χ4v) is 6.22. The van der Waals surface area contributed by atoms with Gasteiger partial charge in [-0.05, 0) is 107 Å². The van der Waals surface area contributed by atoms with Crippen LogP contribution in [0.15, 0.2) is 21.2 Å². The lowest BCUT2D eigenvalue weighted by Crippen LogP contribution is -2.52. The zero-order chi connectivity index (χ0) is 36.4. The lowest BCUT2D eigenvalue weighted by atomic mass is 9.98. The van der Waals surface area contributed by atoms with Gasteiger partial charge in [0.25, 0.3) is 11.8 Å². The summed E-state index contributed by atoms with van der Waals surface area (Å²) in [5.74, 6) is 2.06. The van der Waals surface area contributed by atoms with Crippen LogP contribution in [0.1, 0.15) is 151 Å². The first-order chi connectivity index (χ1) is 23.5. The number of ether oxygens (including phenoxy) is 2.